The van der Waals surface area contributed by atoms with Gasteiger partial charge in [0.2, 0.25) is 6.43 Å². The summed E-state index contributed by atoms with van der Waals surface area (Å²) in [7, 11) is 0. The van der Waals surface area contributed by atoms with Crippen LogP contribution in [0.15, 0.2) is 47.4 Å². The number of fused-ring (bicyclic) bond motifs is 1. The van der Waals surface area contributed by atoms with Gasteiger partial charge in [0.15, 0.2) is 0 Å². The maximum absolute atomic E-state index is 12.0. The molecule has 0 spiro atoms. The summed E-state index contributed by atoms with van der Waals surface area (Å²) in [5.74, 6) is -0.141. The summed E-state index contributed by atoms with van der Waals surface area (Å²) in [5, 5.41) is 2.23. The van der Waals surface area contributed by atoms with Crippen molar-refractivity contribution < 1.29 is 8.78 Å². The van der Waals surface area contributed by atoms with Crippen LogP contribution in [0.4, 0.5) is 8.78 Å². The van der Waals surface area contributed by atoms with Gasteiger partial charge in [-0.3, -0.25) is 0 Å². The Morgan fingerprint density at radius 2 is 1.73 bits per heavy atom. The zero-order valence-corrected chi connectivity index (χ0v) is 8.81. The fourth-order valence-electron chi connectivity index (χ4n) is 1.42. The fourth-order valence-corrected chi connectivity index (χ4v) is 2.11. The third-order valence-corrected chi connectivity index (χ3v) is 3.10. The summed E-state index contributed by atoms with van der Waals surface area (Å²) in [6, 6.07) is 13.7. The zero-order chi connectivity index (χ0) is 10.7. The molecule has 0 saturated carbocycles. The minimum Gasteiger partial charge on any atom is -0.210 e. The SMILES string of the molecule is FC(F)CSc1ccc2ccccc2c1. The molecule has 2 rings (SSSR count). The Labute approximate surface area is 91.3 Å². The van der Waals surface area contributed by atoms with Crippen molar-refractivity contribution in [3.05, 3.63) is 42.5 Å². The van der Waals surface area contributed by atoms with E-state index in [4.69, 9.17) is 0 Å². The Balaban J connectivity index is 2.23. The second kappa shape index (κ2) is 4.62. The molecule has 2 aromatic carbocycles. The lowest BCUT2D eigenvalue weighted by molar-refractivity contribution is 0.177. The quantitative estimate of drug-likeness (QED) is 0.704. The van der Waals surface area contributed by atoms with E-state index in [-0.39, 0.29) is 5.75 Å². The average Bonchev–Trinajstić information content (AvgIpc) is 2.26. The molecule has 3 heteroatoms. The van der Waals surface area contributed by atoms with Crippen LogP contribution in [0.2, 0.25) is 0 Å². The van der Waals surface area contributed by atoms with Crippen molar-refractivity contribution in [1.29, 1.82) is 0 Å². The van der Waals surface area contributed by atoms with E-state index in [1.54, 1.807) is 0 Å². The van der Waals surface area contributed by atoms with Gasteiger partial charge in [-0.1, -0.05) is 30.3 Å². The summed E-state index contributed by atoms with van der Waals surface area (Å²) < 4.78 is 24.0. The van der Waals surface area contributed by atoms with E-state index in [1.165, 1.54) is 11.8 Å². The van der Waals surface area contributed by atoms with Crippen molar-refractivity contribution in [2.24, 2.45) is 0 Å². The van der Waals surface area contributed by atoms with Gasteiger partial charge in [-0.15, -0.1) is 11.8 Å². The standard InChI is InChI=1S/C12H10F2S/c13-12(14)8-15-11-6-5-9-3-1-2-4-10(9)7-11/h1-7,12H,8H2. The summed E-state index contributed by atoms with van der Waals surface area (Å²) in [4.78, 5) is 0.897. The summed E-state index contributed by atoms with van der Waals surface area (Å²) >= 11 is 1.19. The summed E-state index contributed by atoms with van der Waals surface area (Å²) in [6.07, 6.45) is -2.25. The number of hydrogen-bond acceptors (Lipinski definition) is 1. The zero-order valence-electron chi connectivity index (χ0n) is 7.99. The summed E-state index contributed by atoms with van der Waals surface area (Å²) in [6.45, 7) is 0. The van der Waals surface area contributed by atoms with Gasteiger partial charge in [0.1, 0.15) is 0 Å². The average molecular weight is 224 g/mol. The molecule has 0 saturated heterocycles. The lowest BCUT2D eigenvalue weighted by atomic mass is 10.1. The van der Waals surface area contributed by atoms with Gasteiger partial charge in [0.25, 0.3) is 0 Å². The van der Waals surface area contributed by atoms with Gasteiger partial charge >= 0.3 is 0 Å². The lowest BCUT2D eigenvalue weighted by Gasteiger charge is -2.02. The van der Waals surface area contributed by atoms with E-state index in [2.05, 4.69) is 0 Å². The third-order valence-electron chi connectivity index (χ3n) is 2.10. The first kappa shape index (κ1) is 10.4. The minimum atomic E-state index is -2.25. The molecule has 0 fully saturated rings. The Morgan fingerprint density at radius 1 is 1.00 bits per heavy atom. The molecule has 0 aliphatic rings. The monoisotopic (exact) mass is 224 g/mol. The fraction of sp³-hybridized carbons (Fsp3) is 0.167. The first-order chi connectivity index (χ1) is 7.25. The number of alkyl halides is 2. The highest BCUT2D eigenvalue weighted by Gasteiger charge is 2.03. The van der Waals surface area contributed by atoms with E-state index >= 15 is 0 Å². The van der Waals surface area contributed by atoms with Crippen molar-refractivity contribution >= 4 is 22.5 Å². The van der Waals surface area contributed by atoms with E-state index in [1.807, 2.05) is 42.5 Å². The van der Waals surface area contributed by atoms with E-state index in [0.29, 0.717) is 0 Å². The van der Waals surface area contributed by atoms with Crippen LogP contribution in [-0.2, 0) is 0 Å². The molecule has 15 heavy (non-hydrogen) atoms. The number of hydrogen-bond donors (Lipinski definition) is 0. The van der Waals surface area contributed by atoms with Gasteiger partial charge in [-0.2, -0.15) is 0 Å². The Morgan fingerprint density at radius 3 is 2.47 bits per heavy atom. The van der Waals surface area contributed by atoms with Crippen molar-refractivity contribution in [1.82, 2.24) is 0 Å². The molecule has 0 nitrogen and oxygen atoms in total. The second-order valence-electron chi connectivity index (χ2n) is 3.21. The number of thioether (sulfide) groups is 1. The van der Waals surface area contributed by atoms with E-state index in [9.17, 15) is 8.78 Å². The molecule has 2 aromatic rings. The van der Waals surface area contributed by atoms with E-state index in [0.717, 1.165) is 15.7 Å². The van der Waals surface area contributed by atoms with Crippen LogP contribution in [0.3, 0.4) is 0 Å². The van der Waals surface area contributed by atoms with Crippen LogP contribution >= 0.6 is 11.8 Å². The third kappa shape index (κ3) is 2.69. The topological polar surface area (TPSA) is 0 Å². The molecule has 0 N–H and O–H groups in total. The molecule has 0 heterocycles. The van der Waals surface area contributed by atoms with Crippen LogP contribution < -0.4 is 0 Å². The summed E-state index contributed by atoms with van der Waals surface area (Å²) in [5.41, 5.74) is 0. The first-order valence-corrected chi connectivity index (χ1v) is 5.64. The highest BCUT2D eigenvalue weighted by Crippen LogP contribution is 2.24. The van der Waals surface area contributed by atoms with Crippen LogP contribution in [0, 0.1) is 0 Å². The molecular formula is C12H10F2S. The molecule has 0 bridgehead atoms. The van der Waals surface area contributed by atoms with Crippen LogP contribution in [0.25, 0.3) is 10.8 Å². The molecule has 0 aromatic heterocycles. The van der Waals surface area contributed by atoms with Crippen LogP contribution in [0.5, 0.6) is 0 Å². The highest BCUT2D eigenvalue weighted by atomic mass is 32.2. The maximum atomic E-state index is 12.0. The Kier molecular flexibility index (Phi) is 3.21. The van der Waals surface area contributed by atoms with Gasteiger partial charge in [0, 0.05) is 4.90 Å². The molecule has 0 amide bonds. The van der Waals surface area contributed by atoms with Gasteiger partial charge in [-0.05, 0) is 22.9 Å². The number of rotatable bonds is 3. The largest absolute Gasteiger partial charge is 0.247 e. The highest BCUT2D eigenvalue weighted by molar-refractivity contribution is 7.99. The van der Waals surface area contributed by atoms with Crippen LogP contribution in [0.1, 0.15) is 0 Å². The van der Waals surface area contributed by atoms with Crippen LogP contribution in [-0.4, -0.2) is 12.2 Å². The molecule has 0 aliphatic carbocycles. The molecule has 78 valence electrons. The smallest absolute Gasteiger partial charge is 0.210 e. The van der Waals surface area contributed by atoms with Gasteiger partial charge < -0.3 is 0 Å². The molecule has 0 atom stereocenters. The number of benzene rings is 2. The second-order valence-corrected chi connectivity index (χ2v) is 4.30. The normalized spacial score (nSPS) is 11.1. The Hall–Kier alpha value is -1.09. The maximum Gasteiger partial charge on any atom is 0.247 e. The van der Waals surface area contributed by atoms with Crippen molar-refractivity contribution in [2.75, 3.05) is 5.75 Å². The molecule has 0 radical (unpaired) electrons. The molecular weight excluding hydrogens is 214 g/mol. The predicted octanol–water partition coefficient (Wildman–Crippen LogP) is 4.20. The van der Waals surface area contributed by atoms with E-state index < -0.39 is 6.43 Å². The van der Waals surface area contributed by atoms with Gasteiger partial charge in [-0.25, -0.2) is 8.78 Å². The number of halogens is 2. The Bertz CT molecular complexity index is 454. The predicted molar refractivity (Wildman–Crippen MR) is 60.7 cm³/mol. The first-order valence-electron chi connectivity index (χ1n) is 4.65. The minimum absolute atomic E-state index is 0.141. The van der Waals surface area contributed by atoms with Crippen molar-refractivity contribution in [3.63, 3.8) is 0 Å². The van der Waals surface area contributed by atoms with Crippen molar-refractivity contribution in [2.45, 2.75) is 11.3 Å². The van der Waals surface area contributed by atoms with Gasteiger partial charge in [0.05, 0.1) is 5.75 Å². The molecule has 0 unspecified atom stereocenters. The van der Waals surface area contributed by atoms with Crippen molar-refractivity contribution in [3.8, 4) is 0 Å². The lowest BCUT2D eigenvalue weighted by Crippen LogP contribution is -1.92. The molecule has 0 aliphatic heterocycles.